The molecule has 3 heterocycles. The normalized spacial score (nSPS) is 19.5. The number of H-pyrrole nitrogens is 1. The molecule has 1 aliphatic carbocycles. The van der Waals surface area contributed by atoms with E-state index in [9.17, 15) is 9.00 Å². The van der Waals surface area contributed by atoms with Crippen LogP contribution < -0.4 is 5.32 Å². The van der Waals surface area contributed by atoms with Crippen molar-refractivity contribution in [1.82, 2.24) is 25.4 Å². The summed E-state index contributed by atoms with van der Waals surface area (Å²) in [6, 6.07) is 10.3. The number of fused-ring (bicyclic) bond motifs is 1. The summed E-state index contributed by atoms with van der Waals surface area (Å²) in [5.74, 6) is -0.178. The number of pyridine rings is 1. The molecule has 2 fully saturated rings. The van der Waals surface area contributed by atoms with E-state index in [4.69, 9.17) is 0 Å². The van der Waals surface area contributed by atoms with Gasteiger partial charge in [0.15, 0.2) is 5.65 Å². The summed E-state index contributed by atoms with van der Waals surface area (Å²) >= 11 is 0. The lowest BCUT2D eigenvalue weighted by Crippen LogP contribution is -2.44. The summed E-state index contributed by atoms with van der Waals surface area (Å²) in [5, 5.41) is 10.7. The van der Waals surface area contributed by atoms with E-state index in [-0.39, 0.29) is 11.2 Å². The third-order valence-electron chi connectivity index (χ3n) is 7.03. The highest BCUT2D eigenvalue weighted by molar-refractivity contribution is 7.85. The molecule has 2 N–H and O–H groups in total. The minimum Gasteiger partial charge on any atom is -0.348 e. The molecule has 0 bridgehead atoms. The van der Waals surface area contributed by atoms with Gasteiger partial charge < -0.3 is 10.2 Å². The molecule has 8 heteroatoms. The van der Waals surface area contributed by atoms with Crippen LogP contribution in [0.5, 0.6) is 0 Å². The Bertz CT molecular complexity index is 1120. The molecule has 0 spiro atoms. The van der Waals surface area contributed by atoms with Gasteiger partial charge in [-0.2, -0.15) is 5.10 Å². The number of nitrogens with zero attached hydrogens (tertiary/aromatic N) is 3. The molecule has 7 nitrogen and oxygen atoms in total. The third kappa shape index (κ3) is 5.17. The first-order valence-electron chi connectivity index (χ1n) is 12.0. The molecule has 33 heavy (non-hydrogen) atoms. The second kappa shape index (κ2) is 10.1. The number of carbonyl (C=O) groups is 1. The minimum absolute atomic E-state index is 0.178. The number of amides is 1. The Morgan fingerprint density at radius 2 is 1.82 bits per heavy atom. The van der Waals surface area contributed by atoms with Crippen LogP contribution in [-0.4, -0.2) is 54.6 Å². The van der Waals surface area contributed by atoms with Crippen molar-refractivity contribution in [2.45, 2.75) is 67.7 Å². The van der Waals surface area contributed by atoms with Crippen LogP contribution in [0.15, 0.2) is 47.6 Å². The molecule has 1 aromatic carbocycles. The van der Waals surface area contributed by atoms with E-state index in [0.29, 0.717) is 17.8 Å². The SMILES string of the molecule is O=C(NCc1ccc(S(=O)C2CCN(C3CCCCC3)CC2)cc1)c1cnc2[nH]ncc2c1. The van der Waals surface area contributed by atoms with Crippen LogP contribution in [0.2, 0.25) is 0 Å². The Morgan fingerprint density at radius 3 is 2.58 bits per heavy atom. The van der Waals surface area contributed by atoms with Crippen molar-refractivity contribution in [3.63, 3.8) is 0 Å². The first-order chi connectivity index (χ1) is 16.2. The van der Waals surface area contributed by atoms with Gasteiger partial charge in [-0.3, -0.25) is 14.1 Å². The van der Waals surface area contributed by atoms with E-state index < -0.39 is 10.8 Å². The average molecular weight is 466 g/mol. The summed E-state index contributed by atoms with van der Waals surface area (Å²) in [6.45, 7) is 2.56. The molecule has 1 aliphatic heterocycles. The van der Waals surface area contributed by atoms with Gasteiger partial charge in [-0.1, -0.05) is 31.4 Å². The van der Waals surface area contributed by atoms with Crippen LogP contribution in [0, 0.1) is 0 Å². The molecule has 1 amide bonds. The van der Waals surface area contributed by atoms with Crippen molar-refractivity contribution >= 4 is 27.7 Å². The zero-order chi connectivity index (χ0) is 22.6. The lowest BCUT2D eigenvalue weighted by Gasteiger charge is -2.39. The lowest BCUT2D eigenvalue weighted by molar-refractivity contribution is 0.0950. The Morgan fingerprint density at radius 1 is 1.06 bits per heavy atom. The van der Waals surface area contributed by atoms with E-state index in [1.165, 1.54) is 32.1 Å². The van der Waals surface area contributed by atoms with Gasteiger partial charge in [0.05, 0.1) is 22.6 Å². The number of rotatable bonds is 6. The van der Waals surface area contributed by atoms with E-state index >= 15 is 0 Å². The zero-order valence-electron chi connectivity index (χ0n) is 18.8. The molecule has 1 saturated heterocycles. The van der Waals surface area contributed by atoms with Crippen LogP contribution in [0.1, 0.15) is 60.9 Å². The fourth-order valence-electron chi connectivity index (χ4n) is 5.08. The summed E-state index contributed by atoms with van der Waals surface area (Å²) in [5.41, 5.74) is 2.14. The fraction of sp³-hybridized carbons (Fsp3) is 0.480. The van der Waals surface area contributed by atoms with E-state index in [1.54, 1.807) is 18.5 Å². The smallest absolute Gasteiger partial charge is 0.253 e. The van der Waals surface area contributed by atoms with Gasteiger partial charge in [0, 0.05) is 34.3 Å². The minimum atomic E-state index is -0.981. The molecule has 0 radical (unpaired) electrons. The highest BCUT2D eigenvalue weighted by atomic mass is 32.2. The quantitative estimate of drug-likeness (QED) is 0.578. The van der Waals surface area contributed by atoms with Crippen molar-refractivity contribution in [2.75, 3.05) is 13.1 Å². The van der Waals surface area contributed by atoms with Gasteiger partial charge in [0.2, 0.25) is 0 Å². The number of carbonyl (C=O) groups excluding carboxylic acids is 1. The predicted octanol–water partition coefficient (Wildman–Crippen LogP) is 3.79. The van der Waals surface area contributed by atoms with Crippen molar-refractivity contribution in [2.24, 2.45) is 0 Å². The van der Waals surface area contributed by atoms with Gasteiger partial charge in [0.1, 0.15) is 0 Å². The molecule has 174 valence electrons. The van der Waals surface area contributed by atoms with Gasteiger partial charge in [-0.05, 0) is 62.5 Å². The number of aromatic amines is 1. The highest BCUT2D eigenvalue weighted by Gasteiger charge is 2.29. The number of nitrogens with one attached hydrogen (secondary N) is 2. The fourth-order valence-corrected chi connectivity index (χ4v) is 6.51. The van der Waals surface area contributed by atoms with Crippen molar-refractivity contribution in [3.05, 3.63) is 53.9 Å². The van der Waals surface area contributed by atoms with E-state index in [1.807, 2.05) is 24.3 Å². The second-order valence-electron chi connectivity index (χ2n) is 9.18. The number of hydrogen-bond acceptors (Lipinski definition) is 5. The standard InChI is InChI=1S/C25H31N5O2S/c31-25(20-14-19-17-28-29-24(19)26-16-20)27-15-18-6-8-22(9-7-18)33(32)23-10-12-30(13-11-23)21-4-2-1-3-5-21/h6-9,14,16-17,21,23H,1-5,10-13,15H2,(H,27,31)(H,26,28,29). The van der Waals surface area contributed by atoms with Crippen LogP contribution in [-0.2, 0) is 17.3 Å². The number of benzene rings is 1. The van der Waals surface area contributed by atoms with Crippen molar-refractivity contribution in [1.29, 1.82) is 0 Å². The molecular weight excluding hydrogens is 434 g/mol. The molecule has 2 aliphatic rings. The van der Waals surface area contributed by atoms with Gasteiger partial charge in [-0.25, -0.2) is 4.98 Å². The largest absolute Gasteiger partial charge is 0.348 e. The van der Waals surface area contributed by atoms with Gasteiger partial charge >= 0.3 is 0 Å². The topological polar surface area (TPSA) is 91.0 Å². The summed E-state index contributed by atoms with van der Waals surface area (Å²) in [6.07, 6.45) is 12.0. The molecule has 1 atom stereocenters. The average Bonchev–Trinajstić information content (AvgIpc) is 3.36. The highest BCUT2D eigenvalue weighted by Crippen LogP contribution is 2.28. The number of piperidine rings is 1. The number of likely N-dealkylation sites (tertiary alicyclic amines) is 1. The maximum absolute atomic E-state index is 13.1. The first kappa shape index (κ1) is 22.2. The molecule has 5 rings (SSSR count). The Kier molecular flexibility index (Phi) is 6.83. The Labute approximate surface area is 196 Å². The monoisotopic (exact) mass is 465 g/mol. The van der Waals surface area contributed by atoms with E-state index in [0.717, 1.165) is 47.8 Å². The molecule has 3 aromatic rings. The van der Waals surface area contributed by atoms with Crippen LogP contribution in [0.4, 0.5) is 0 Å². The van der Waals surface area contributed by atoms with Crippen molar-refractivity contribution in [3.8, 4) is 0 Å². The molecule has 1 saturated carbocycles. The Balaban J connectivity index is 1.12. The summed E-state index contributed by atoms with van der Waals surface area (Å²) < 4.78 is 13.1. The maximum atomic E-state index is 13.1. The summed E-state index contributed by atoms with van der Waals surface area (Å²) in [4.78, 5) is 20.2. The maximum Gasteiger partial charge on any atom is 0.253 e. The molecular formula is C25H31N5O2S. The second-order valence-corrected chi connectivity index (χ2v) is 10.9. The molecule has 2 aromatic heterocycles. The van der Waals surface area contributed by atoms with Gasteiger partial charge in [0.25, 0.3) is 5.91 Å². The third-order valence-corrected chi connectivity index (χ3v) is 8.85. The van der Waals surface area contributed by atoms with Crippen LogP contribution >= 0.6 is 0 Å². The molecule has 1 unspecified atom stereocenters. The van der Waals surface area contributed by atoms with Crippen molar-refractivity contribution < 1.29 is 9.00 Å². The number of hydrogen-bond donors (Lipinski definition) is 2. The van der Waals surface area contributed by atoms with Crippen LogP contribution in [0.3, 0.4) is 0 Å². The van der Waals surface area contributed by atoms with Crippen LogP contribution in [0.25, 0.3) is 11.0 Å². The Hall–Kier alpha value is -2.58. The van der Waals surface area contributed by atoms with Gasteiger partial charge in [-0.15, -0.1) is 0 Å². The predicted molar refractivity (Wildman–Crippen MR) is 129 cm³/mol. The number of aromatic nitrogens is 3. The zero-order valence-corrected chi connectivity index (χ0v) is 19.7. The lowest BCUT2D eigenvalue weighted by atomic mass is 9.93. The van der Waals surface area contributed by atoms with E-state index in [2.05, 4.69) is 25.4 Å². The summed E-state index contributed by atoms with van der Waals surface area (Å²) in [7, 11) is -0.981. The first-order valence-corrected chi connectivity index (χ1v) is 13.2.